The molecule has 1 N–H and O–H groups in total. The summed E-state index contributed by atoms with van der Waals surface area (Å²) < 4.78 is 0. The van der Waals surface area contributed by atoms with E-state index >= 15 is 0 Å². The van der Waals surface area contributed by atoms with Gasteiger partial charge in [0.2, 0.25) is 0 Å². The highest BCUT2D eigenvalue weighted by Gasteiger charge is 2.46. The number of carboxylic acid groups (broad SMARTS) is 1. The molecule has 0 aromatic rings. The Kier molecular flexibility index (Phi) is 8.20. The predicted octanol–water partition coefficient (Wildman–Crippen LogP) is 4.55. The Balaban J connectivity index is 2.17. The summed E-state index contributed by atoms with van der Waals surface area (Å²) in [6.07, 6.45) is 8.55. The molecule has 1 aliphatic heterocycles. The molecule has 1 saturated heterocycles. The van der Waals surface area contributed by atoms with Gasteiger partial charge in [0.05, 0.1) is 5.54 Å². The summed E-state index contributed by atoms with van der Waals surface area (Å²) in [4.78, 5) is 28.1. The van der Waals surface area contributed by atoms with Crippen LogP contribution in [0.1, 0.15) is 91.9 Å². The number of hydrogen-bond acceptors (Lipinski definition) is 4. The fraction of sp³-hybridized carbons (Fsp3) is 0.895. The molecule has 0 unspecified atom stereocenters. The van der Waals surface area contributed by atoms with Crippen LogP contribution in [-0.4, -0.2) is 34.2 Å². The highest BCUT2D eigenvalue weighted by molar-refractivity contribution is 5.69. The molecule has 0 amide bonds. The fourth-order valence-electron chi connectivity index (χ4n) is 3.17. The van der Waals surface area contributed by atoms with Gasteiger partial charge in [0, 0.05) is 19.4 Å². The van der Waals surface area contributed by atoms with Crippen molar-refractivity contribution in [2.45, 2.75) is 97.4 Å². The van der Waals surface area contributed by atoms with Crippen molar-refractivity contribution >= 4 is 11.9 Å². The number of nitrogens with zero attached hydrogens (tertiary/aromatic N) is 1. The maximum atomic E-state index is 12.1. The molecule has 5 heteroatoms. The molecule has 0 spiro atoms. The zero-order chi connectivity index (χ0) is 18.2. The van der Waals surface area contributed by atoms with E-state index in [9.17, 15) is 9.59 Å². The molecule has 0 aromatic carbocycles. The summed E-state index contributed by atoms with van der Waals surface area (Å²) in [5, 5.41) is 10.4. The quantitative estimate of drug-likeness (QED) is 0.590. The molecule has 140 valence electrons. The largest absolute Gasteiger partial charge is 0.481 e. The van der Waals surface area contributed by atoms with Crippen LogP contribution in [0.5, 0.6) is 0 Å². The lowest BCUT2D eigenvalue weighted by atomic mass is 9.69. The maximum absolute atomic E-state index is 12.1. The van der Waals surface area contributed by atoms with Gasteiger partial charge in [-0.15, -0.1) is 5.06 Å². The minimum Gasteiger partial charge on any atom is -0.481 e. The average Bonchev–Trinajstić information content (AvgIpc) is 2.47. The fourth-order valence-corrected chi connectivity index (χ4v) is 3.17. The van der Waals surface area contributed by atoms with Crippen molar-refractivity contribution in [1.29, 1.82) is 0 Å². The van der Waals surface area contributed by atoms with Gasteiger partial charge in [-0.1, -0.05) is 39.5 Å². The predicted molar refractivity (Wildman–Crippen MR) is 94.5 cm³/mol. The van der Waals surface area contributed by atoms with Crippen LogP contribution in [0.3, 0.4) is 0 Å². The van der Waals surface area contributed by atoms with Crippen LogP contribution in [0.25, 0.3) is 0 Å². The highest BCUT2D eigenvalue weighted by Crippen LogP contribution is 2.43. The SMILES string of the molecule is CC1(C)CCCN(OC(=O)CCCCCCCCC(=O)O)C1(C)C. The second kappa shape index (κ2) is 9.40. The molecule has 0 aliphatic carbocycles. The second-order valence-electron chi connectivity index (χ2n) is 8.13. The number of unbranched alkanes of at least 4 members (excludes halogenated alkanes) is 5. The van der Waals surface area contributed by atoms with Gasteiger partial charge in [-0.25, -0.2) is 0 Å². The third-order valence-electron chi connectivity index (χ3n) is 5.68. The molecule has 0 aromatic heterocycles. The van der Waals surface area contributed by atoms with E-state index in [0.717, 1.165) is 57.9 Å². The third-order valence-corrected chi connectivity index (χ3v) is 5.68. The van der Waals surface area contributed by atoms with Crippen molar-refractivity contribution in [2.75, 3.05) is 6.54 Å². The molecule has 0 saturated carbocycles. The van der Waals surface area contributed by atoms with Gasteiger partial charge in [-0.2, -0.15) is 0 Å². The summed E-state index contributed by atoms with van der Waals surface area (Å²) in [5.41, 5.74) is -0.0213. The summed E-state index contributed by atoms with van der Waals surface area (Å²) in [6.45, 7) is 9.58. The summed E-state index contributed by atoms with van der Waals surface area (Å²) in [5.74, 6) is -0.854. The standard InChI is InChI=1S/C19H35NO4/c1-18(2)14-11-15-20(19(18,3)4)24-17(23)13-10-8-6-5-7-9-12-16(21)22/h5-15H2,1-4H3,(H,21,22). The lowest BCUT2D eigenvalue weighted by Crippen LogP contribution is -2.57. The Morgan fingerprint density at radius 2 is 1.50 bits per heavy atom. The molecule has 1 rings (SSSR count). The minimum atomic E-state index is -0.721. The molecule has 1 aliphatic rings. The molecular weight excluding hydrogens is 306 g/mol. The topological polar surface area (TPSA) is 66.8 Å². The van der Waals surface area contributed by atoms with Crippen molar-refractivity contribution in [3.8, 4) is 0 Å². The Morgan fingerprint density at radius 1 is 0.958 bits per heavy atom. The van der Waals surface area contributed by atoms with Crippen molar-refractivity contribution in [3.05, 3.63) is 0 Å². The molecule has 1 fully saturated rings. The number of carbonyl (C=O) groups excluding carboxylic acids is 1. The number of hydroxylamine groups is 2. The number of hydrogen-bond donors (Lipinski definition) is 1. The number of rotatable bonds is 10. The van der Waals surface area contributed by atoms with Gasteiger partial charge < -0.3 is 9.94 Å². The Morgan fingerprint density at radius 3 is 2.08 bits per heavy atom. The minimum absolute atomic E-state index is 0.126. The van der Waals surface area contributed by atoms with Crippen molar-refractivity contribution in [2.24, 2.45) is 5.41 Å². The van der Waals surface area contributed by atoms with E-state index in [1.165, 1.54) is 0 Å². The first kappa shape index (κ1) is 20.9. The smallest absolute Gasteiger partial charge is 0.325 e. The molecule has 24 heavy (non-hydrogen) atoms. The number of piperidine rings is 1. The van der Waals surface area contributed by atoms with Gasteiger partial charge in [0.15, 0.2) is 0 Å². The molecule has 0 atom stereocenters. The molecule has 1 heterocycles. The molecule has 0 bridgehead atoms. The second-order valence-corrected chi connectivity index (χ2v) is 8.13. The van der Waals surface area contributed by atoms with E-state index in [1.807, 2.05) is 5.06 Å². The van der Waals surface area contributed by atoms with E-state index in [-0.39, 0.29) is 23.3 Å². The molecule has 0 radical (unpaired) electrons. The van der Waals surface area contributed by atoms with Gasteiger partial charge in [0.25, 0.3) is 0 Å². The maximum Gasteiger partial charge on any atom is 0.325 e. The highest BCUT2D eigenvalue weighted by atomic mass is 16.7. The van der Waals surface area contributed by atoms with E-state index in [0.29, 0.717) is 6.42 Å². The lowest BCUT2D eigenvalue weighted by molar-refractivity contribution is -0.247. The Labute approximate surface area is 146 Å². The van der Waals surface area contributed by atoms with E-state index in [4.69, 9.17) is 9.94 Å². The molecular formula is C19H35NO4. The average molecular weight is 341 g/mol. The first-order valence-electron chi connectivity index (χ1n) is 9.37. The van der Waals surface area contributed by atoms with Crippen molar-refractivity contribution in [3.63, 3.8) is 0 Å². The van der Waals surface area contributed by atoms with Crippen molar-refractivity contribution < 1.29 is 19.5 Å². The number of aliphatic carboxylic acids is 1. The van der Waals surface area contributed by atoms with Gasteiger partial charge in [-0.05, 0) is 44.9 Å². The van der Waals surface area contributed by atoms with Gasteiger partial charge in [-0.3, -0.25) is 9.59 Å². The van der Waals surface area contributed by atoms with Crippen LogP contribution < -0.4 is 0 Å². The van der Waals surface area contributed by atoms with Crippen LogP contribution in [-0.2, 0) is 14.4 Å². The Hall–Kier alpha value is -1.10. The zero-order valence-electron chi connectivity index (χ0n) is 15.9. The third kappa shape index (κ3) is 6.42. The Bertz CT molecular complexity index is 418. The van der Waals surface area contributed by atoms with Crippen LogP contribution in [0, 0.1) is 5.41 Å². The number of carbonyl (C=O) groups is 2. The van der Waals surface area contributed by atoms with E-state index in [1.54, 1.807) is 0 Å². The molecule has 5 nitrogen and oxygen atoms in total. The summed E-state index contributed by atoms with van der Waals surface area (Å²) in [7, 11) is 0. The van der Waals surface area contributed by atoms with Crippen molar-refractivity contribution in [1.82, 2.24) is 5.06 Å². The normalized spacial score (nSPS) is 19.8. The summed E-state index contributed by atoms with van der Waals surface area (Å²) >= 11 is 0. The number of carboxylic acids is 1. The van der Waals surface area contributed by atoms with Crippen LogP contribution in [0.4, 0.5) is 0 Å². The first-order chi connectivity index (χ1) is 11.2. The monoisotopic (exact) mass is 341 g/mol. The van der Waals surface area contributed by atoms with Crippen LogP contribution >= 0.6 is 0 Å². The first-order valence-corrected chi connectivity index (χ1v) is 9.37. The van der Waals surface area contributed by atoms with Crippen LogP contribution in [0.2, 0.25) is 0 Å². The van der Waals surface area contributed by atoms with Gasteiger partial charge >= 0.3 is 11.9 Å². The van der Waals surface area contributed by atoms with Crippen LogP contribution in [0.15, 0.2) is 0 Å². The lowest BCUT2D eigenvalue weighted by Gasteiger charge is -2.51. The van der Waals surface area contributed by atoms with E-state index in [2.05, 4.69) is 27.7 Å². The summed E-state index contributed by atoms with van der Waals surface area (Å²) in [6, 6.07) is 0. The van der Waals surface area contributed by atoms with Gasteiger partial charge in [0.1, 0.15) is 0 Å². The zero-order valence-corrected chi connectivity index (χ0v) is 15.9. The van der Waals surface area contributed by atoms with E-state index < -0.39 is 5.97 Å².